The standard InChI is InChI=1S/C22H23N5O2S/c1-14-6-5-9-16-17(14)18-20-24-19(25-27(20)13-23-21(18)30-16)22(29)26(10-11-28)12-15-7-3-2-4-8-15/h2-4,7-8,13-14,28H,5-6,9-12H2,1H3. The maximum Gasteiger partial charge on any atom is 0.293 e. The third-order valence-electron chi connectivity index (χ3n) is 5.74. The summed E-state index contributed by atoms with van der Waals surface area (Å²) in [5.74, 6) is 0.300. The van der Waals surface area contributed by atoms with E-state index in [1.54, 1.807) is 27.1 Å². The molecule has 30 heavy (non-hydrogen) atoms. The monoisotopic (exact) mass is 421 g/mol. The predicted molar refractivity (Wildman–Crippen MR) is 116 cm³/mol. The lowest BCUT2D eigenvalue weighted by Crippen LogP contribution is -2.33. The van der Waals surface area contributed by atoms with Crippen LogP contribution in [0.5, 0.6) is 0 Å². The van der Waals surface area contributed by atoms with Gasteiger partial charge >= 0.3 is 0 Å². The average molecular weight is 422 g/mol. The Morgan fingerprint density at radius 3 is 2.97 bits per heavy atom. The van der Waals surface area contributed by atoms with Gasteiger partial charge in [-0.2, -0.15) is 0 Å². The van der Waals surface area contributed by atoms with E-state index in [1.807, 2.05) is 30.3 Å². The Hall–Kier alpha value is -2.84. The molecule has 8 heteroatoms. The summed E-state index contributed by atoms with van der Waals surface area (Å²) in [6, 6.07) is 9.72. The van der Waals surface area contributed by atoms with Gasteiger partial charge in [-0.15, -0.1) is 16.4 Å². The van der Waals surface area contributed by atoms with Crippen LogP contribution in [0.2, 0.25) is 0 Å². The number of benzene rings is 1. The highest BCUT2D eigenvalue weighted by atomic mass is 32.1. The third kappa shape index (κ3) is 3.26. The van der Waals surface area contributed by atoms with Crippen molar-refractivity contribution in [3.63, 3.8) is 0 Å². The minimum Gasteiger partial charge on any atom is -0.395 e. The summed E-state index contributed by atoms with van der Waals surface area (Å²) in [5.41, 5.74) is 3.01. The van der Waals surface area contributed by atoms with Gasteiger partial charge in [0.05, 0.1) is 12.0 Å². The molecule has 0 saturated heterocycles. The molecule has 1 aliphatic rings. The van der Waals surface area contributed by atoms with Crippen LogP contribution in [-0.2, 0) is 13.0 Å². The fraction of sp³-hybridized carbons (Fsp3) is 0.364. The molecule has 7 nitrogen and oxygen atoms in total. The van der Waals surface area contributed by atoms with Gasteiger partial charge in [0.25, 0.3) is 5.91 Å². The lowest BCUT2D eigenvalue weighted by atomic mass is 9.87. The van der Waals surface area contributed by atoms with E-state index in [0.717, 1.165) is 28.6 Å². The summed E-state index contributed by atoms with van der Waals surface area (Å²) in [6.45, 7) is 2.75. The van der Waals surface area contributed by atoms with Gasteiger partial charge in [-0.3, -0.25) is 4.79 Å². The summed E-state index contributed by atoms with van der Waals surface area (Å²) in [7, 11) is 0. The number of amides is 1. The predicted octanol–water partition coefficient (Wildman–Crippen LogP) is 3.41. The Labute approximate surface area is 178 Å². The Morgan fingerprint density at radius 1 is 1.33 bits per heavy atom. The molecule has 1 aliphatic carbocycles. The highest BCUT2D eigenvalue weighted by Gasteiger charge is 2.27. The fourth-order valence-corrected chi connectivity index (χ4v) is 5.59. The highest BCUT2D eigenvalue weighted by molar-refractivity contribution is 7.19. The van der Waals surface area contributed by atoms with Crippen molar-refractivity contribution in [2.24, 2.45) is 0 Å². The zero-order valence-electron chi connectivity index (χ0n) is 16.8. The largest absolute Gasteiger partial charge is 0.395 e. The van der Waals surface area contributed by atoms with Crippen molar-refractivity contribution >= 4 is 33.1 Å². The zero-order valence-corrected chi connectivity index (χ0v) is 17.6. The molecule has 0 aliphatic heterocycles. The normalized spacial score (nSPS) is 16.1. The molecule has 4 aromatic rings. The van der Waals surface area contributed by atoms with E-state index in [-0.39, 0.29) is 24.9 Å². The molecule has 0 bridgehead atoms. The Bertz CT molecular complexity index is 1220. The van der Waals surface area contributed by atoms with Crippen molar-refractivity contribution < 1.29 is 9.90 Å². The van der Waals surface area contributed by atoms with E-state index in [2.05, 4.69) is 22.0 Å². The number of aryl methyl sites for hydroxylation is 1. The zero-order chi connectivity index (χ0) is 20.7. The summed E-state index contributed by atoms with van der Waals surface area (Å²) in [4.78, 5) is 26.4. The van der Waals surface area contributed by atoms with Crippen LogP contribution in [-0.4, -0.2) is 48.6 Å². The second-order valence-electron chi connectivity index (χ2n) is 7.80. The minimum absolute atomic E-state index is 0.118. The molecule has 5 rings (SSSR count). The number of fused-ring (bicyclic) bond motifs is 5. The first-order valence-corrected chi connectivity index (χ1v) is 11.1. The SMILES string of the molecule is CC1CCCc2sc3ncn4nc(C(=O)N(CCO)Cc5ccccc5)nc4c3c21. The number of hydrogen-bond donors (Lipinski definition) is 1. The Morgan fingerprint density at radius 2 is 2.17 bits per heavy atom. The number of carbonyl (C=O) groups excluding carboxylic acids is 1. The molecule has 1 aromatic carbocycles. The molecule has 0 saturated carbocycles. The molecule has 0 spiro atoms. The van der Waals surface area contributed by atoms with Gasteiger partial charge in [-0.1, -0.05) is 37.3 Å². The van der Waals surface area contributed by atoms with Gasteiger partial charge < -0.3 is 10.0 Å². The first kappa shape index (κ1) is 19.1. The fourth-order valence-electron chi connectivity index (χ4n) is 4.29. The minimum atomic E-state index is -0.290. The molecule has 1 amide bonds. The molecular weight excluding hydrogens is 398 g/mol. The summed E-state index contributed by atoms with van der Waals surface area (Å²) >= 11 is 1.73. The lowest BCUT2D eigenvalue weighted by Gasteiger charge is -2.20. The smallest absolute Gasteiger partial charge is 0.293 e. The van der Waals surface area contributed by atoms with E-state index in [1.165, 1.54) is 16.9 Å². The van der Waals surface area contributed by atoms with Crippen molar-refractivity contribution in [3.05, 3.63) is 58.5 Å². The third-order valence-corrected chi connectivity index (χ3v) is 6.91. The van der Waals surface area contributed by atoms with Gasteiger partial charge in [0.1, 0.15) is 11.2 Å². The van der Waals surface area contributed by atoms with Crippen LogP contribution >= 0.6 is 11.3 Å². The number of rotatable bonds is 5. The second kappa shape index (κ2) is 7.77. The quantitative estimate of drug-likeness (QED) is 0.534. The summed E-state index contributed by atoms with van der Waals surface area (Å²) < 4.78 is 1.61. The number of aliphatic hydroxyl groups excluding tert-OH is 1. The number of aliphatic hydroxyl groups is 1. The van der Waals surface area contributed by atoms with Crippen LogP contribution in [0.25, 0.3) is 15.9 Å². The average Bonchev–Trinajstić information content (AvgIpc) is 3.35. The van der Waals surface area contributed by atoms with Crippen LogP contribution in [0.15, 0.2) is 36.7 Å². The van der Waals surface area contributed by atoms with E-state index < -0.39 is 0 Å². The lowest BCUT2D eigenvalue weighted by molar-refractivity contribution is 0.0696. The van der Waals surface area contributed by atoms with Crippen molar-refractivity contribution in [2.75, 3.05) is 13.2 Å². The van der Waals surface area contributed by atoms with Crippen molar-refractivity contribution in [3.8, 4) is 0 Å². The second-order valence-corrected chi connectivity index (χ2v) is 8.88. The highest BCUT2D eigenvalue weighted by Crippen LogP contribution is 2.42. The van der Waals surface area contributed by atoms with Gasteiger partial charge in [-0.25, -0.2) is 14.5 Å². The Kier molecular flexibility index (Phi) is 4.96. The molecular formula is C22H23N5O2S. The maximum atomic E-state index is 13.2. The van der Waals surface area contributed by atoms with E-state index in [0.29, 0.717) is 18.1 Å². The summed E-state index contributed by atoms with van der Waals surface area (Å²) in [5, 5.41) is 14.9. The van der Waals surface area contributed by atoms with Gasteiger partial charge in [-0.05, 0) is 36.3 Å². The topological polar surface area (TPSA) is 83.6 Å². The van der Waals surface area contributed by atoms with Crippen LogP contribution in [0.4, 0.5) is 0 Å². The Balaban J connectivity index is 1.56. The number of carbonyl (C=O) groups is 1. The van der Waals surface area contributed by atoms with Crippen molar-refractivity contribution in [1.29, 1.82) is 0 Å². The molecule has 3 heterocycles. The van der Waals surface area contributed by atoms with Crippen molar-refractivity contribution in [1.82, 2.24) is 24.5 Å². The number of aromatic nitrogens is 4. The molecule has 1 atom stereocenters. The van der Waals surface area contributed by atoms with Crippen molar-refractivity contribution in [2.45, 2.75) is 38.6 Å². The summed E-state index contributed by atoms with van der Waals surface area (Å²) in [6.07, 6.45) is 5.07. The molecule has 1 N–H and O–H groups in total. The van der Waals surface area contributed by atoms with E-state index in [9.17, 15) is 9.90 Å². The number of hydrogen-bond acceptors (Lipinski definition) is 6. The van der Waals surface area contributed by atoms with Gasteiger partial charge in [0.15, 0.2) is 5.65 Å². The first-order chi connectivity index (χ1) is 14.7. The molecule has 1 unspecified atom stereocenters. The maximum absolute atomic E-state index is 13.2. The first-order valence-electron chi connectivity index (χ1n) is 10.3. The number of nitrogens with zero attached hydrogens (tertiary/aromatic N) is 5. The van der Waals surface area contributed by atoms with Gasteiger partial charge in [0.2, 0.25) is 5.82 Å². The van der Waals surface area contributed by atoms with Crippen LogP contribution in [0, 0.1) is 0 Å². The van der Waals surface area contributed by atoms with E-state index in [4.69, 9.17) is 0 Å². The van der Waals surface area contributed by atoms with Gasteiger partial charge in [0, 0.05) is 18.0 Å². The van der Waals surface area contributed by atoms with Crippen LogP contribution < -0.4 is 0 Å². The molecule has 3 aromatic heterocycles. The van der Waals surface area contributed by atoms with E-state index >= 15 is 0 Å². The molecule has 0 radical (unpaired) electrons. The molecule has 0 fully saturated rings. The molecule has 154 valence electrons. The van der Waals surface area contributed by atoms with Crippen LogP contribution in [0.1, 0.15) is 52.3 Å². The van der Waals surface area contributed by atoms with Crippen LogP contribution in [0.3, 0.4) is 0 Å². The number of thiophene rings is 1.